The molecular formula is C14H18N2. The van der Waals surface area contributed by atoms with Crippen molar-refractivity contribution >= 4 is 5.69 Å². The lowest BCUT2D eigenvalue weighted by atomic mass is 10.1. The minimum absolute atomic E-state index is 0.103. The van der Waals surface area contributed by atoms with Crippen LogP contribution in [0.5, 0.6) is 0 Å². The first kappa shape index (κ1) is 11.0. The van der Waals surface area contributed by atoms with E-state index in [1.807, 2.05) is 6.92 Å². The highest BCUT2D eigenvalue weighted by atomic mass is 15.1. The zero-order valence-corrected chi connectivity index (χ0v) is 9.82. The van der Waals surface area contributed by atoms with Gasteiger partial charge in [-0.3, -0.25) is 0 Å². The van der Waals surface area contributed by atoms with E-state index in [0.717, 1.165) is 13.1 Å². The second-order valence-corrected chi connectivity index (χ2v) is 4.56. The Morgan fingerprint density at radius 2 is 2.19 bits per heavy atom. The van der Waals surface area contributed by atoms with Gasteiger partial charge < -0.3 is 4.90 Å². The summed E-state index contributed by atoms with van der Waals surface area (Å²) in [6.45, 7) is 3.93. The van der Waals surface area contributed by atoms with Crippen molar-refractivity contribution in [1.82, 2.24) is 0 Å². The van der Waals surface area contributed by atoms with Gasteiger partial charge in [0.15, 0.2) is 0 Å². The summed E-state index contributed by atoms with van der Waals surface area (Å²) in [6, 6.07) is 10.9. The molecule has 0 aliphatic carbocycles. The zero-order valence-electron chi connectivity index (χ0n) is 9.82. The fourth-order valence-corrected chi connectivity index (χ4v) is 2.33. The topological polar surface area (TPSA) is 27.0 Å². The van der Waals surface area contributed by atoms with Crippen LogP contribution in [0.1, 0.15) is 25.3 Å². The highest BCUT2D eigenvalue weighted by molar-refractivity contribution is 5.54. The molecule has 1 aliphatic heterocycles. The Labute approximate surface area is 97.5 Å². The van der Waals surface area contributed by atoms with E-state index in [4.69, 9.17) is 5.26 Å². The van der Waals surface area contributed by atoms with Gasteiger partial charge in [-0.05, 0) is 37.8 Å². The van der Waals surface area contributed by atoms with Crippen LogP contribution in [0.25, 0.3) is 0 Å². The summed E-state index contributed by atoms with van der Waals surface area (Å²) in [5.41, 5.74) is 2.77. The molecule has 1 unspecified atom stereocenters. The first-order chi connectivity index (χ1) is 7.81. The zero-order chi connectivity index (χ0) is 11.4. The van der Waals surface area contributed by atoms with Crippen LogP contribution in [0, 0.1) is 17.2 Å². The molecule has 0 saturated heterocycles. The number of para-hydroxylation sites is 1. The van der Waals surface area contributed by atoms with E-state index in [0.29, 0.717) is 0 Å². The van der Waals surface area contributed by atoms with Crippen LogP contribution in [0.3, 0.4) is 0 Å². The molecule has 16 heavy (non-hydrogen) atoms. The number of nitriles is 1. The van der Waals surface area contributed by atoms with Gasteiger partial charge in [-0.15, -0.1) is 0 Å². The Bertz CT molecular complexity index is 392. The Balaban J connectivity index is 2.23. The molecule has 0 N–H and O–H groups in total. The summed E-state index contributed by atoms with van der Waals surface area (Å²) in [5.74, 6) is 0.103. The average molecular weight is 214 g/mol. The van der Waals surface area contributed by atoms with Crippen molar-refractivity contribution in [2.75, 3.05) is 18.0 Å². The van der Waals surface area contributed by atoms with E-state index in [2.05, 4.69) is 35.2 Å². The van der Waals surface area contributed by atoms with Gasteiger partial charge >= 0.3 is 0 Å². The Morgan fingerprint density at radius 3 is 3.00 bits per heavy atom. The van der Waals surface area contributed by atoms with Gasteiger partial charge in [-0.25, -0.2) is 0 Å². The Morgan fingerprint density at radius 1 is 1.38 bits per heavy atom. The number of nitrogens with zero attached hydrogens (tertiary/aromatic N) is 2. The molecule has 0 spiro atoms. The second-order valence-electron chi connectivity index (χ2n) is 4.56. The predicted octanol–water partition coefficient (Wildman–Crippen LogP) is 2.99. The van der Waals surface area contributed by atoms with Crippen LogP contribution < -0.4 is 4.90 Å². The van der Waals surface area contributed by atoms with E-state index in [1.54, 1.807) is 0 Å². The fraction of sp³-hybridized carbons (Fsp3) is 0.500. The van der Waals surface area contributed by atoms with Crippen molar-refractivity contribution in [3.63, 3.8) is 0 Å². The molecule has 0 aromatic heterocycles. The summed E-state index contributed by atoms with van der Waals surface area (Å²) >= 11 is 0. The van der Waals surface area contributed by atoms with Crippen molar-refractivity contribution in [3.05, 3.63) is 29.8 Å². The number of aryl methyl sites for hydroxylation is 1. The van der Waals surface area contributed by atoms with Crippen LogP contribution in [-0.2, 0) is 6.42 Å². The molecule has 1 atom stereocenters. The maximum absolute atomic E-state index is 8.91. The molecule has 0 fully saturated rings. The third-order valence-electron chi connectivity index (χ3n) is 3.17. The van der Waals surface area contributed by atoms with Gasteiger partial charge in [0.1, 0.15) is 0 Å². The minimum atomic E-state index is 0.103. The number of rotatable bonds is 2. The number of hydrogen-bond acceptors (Lipinski definition) is 2. The van der Waals surface area contributed by atoms with E-state index < -0.39 is 0 Å². The van der Waals surface area contributed by atoms with Crippen LogP contribution >= 0.6 is 0 Å². The SMILES string of the molecule is CC(C#N)CN1CCCCc2ccccc21. The van der Waals surface area contributed by atoms with Crippen LogP contribution in [0.15, 0.2) is 24.3 Å². The lowest BCUT2D eigenvalue weighted by molar-refractivity contribution is 0.651. The van der Waals surface area contributed by atoms with Gasteiger partial charge in [0.25, 0.3) is 0 Å². The highest BCUT2D eigenvalue weighted by Gasteiger charge is 2.16. The van der Waals surface area contributed by atoms with Crippen molar-refractivity contribution in [1.29, 1.82) is 5.26 Å². The summed E-state index contributed by atoms with van der Waals surface area (Å²) in [5, 5.41) is 8.91. The molecule has 84 valence electrons. The van der Waals surface area contributed by atoms with Gasteiger partial charge in [0.2, 0.25) is 0 Å². The number of fused-ring (bicyclic) bond motifs is 1. The second kappa shape index (κ2) is 5.03. The largest absolute Gasteiger partial charge is 0.370 e. The van der Waals surface area contributed by atoms with Gasteiger partial charge in [0.05, 0.1) is 12.0 Å². The highest BCUT2D eigenvalue weighted by Crippen LogP contribution is 2.26. The number of hydrogen-bond donors (Lipinski definition) is 0. The molecule has 2 nitrogen and oxygen atoms in total. The molecule has 2 heteroatoms. The van der Waals surface area contributed by atoms with Crippen molar-refractivity contribution < 1.29 is 0 Å². The van der Waals surface area contributed by atoms with Crippen LogP contribution in [-0.4, -0.2) is 13.1 Å². The molecular weight excluding hydrogens is 196 g/mol. The maximum Gasteiger partial charge on any atom is 0.0671 e. The van der Waals surface area contributed by atoms with Crippen molar-refractivity contribution in [3.8, 4) is 6.07 Å². The lowest BCUT2D eigenvalue weighted by Gasteiger charge is -2.25. The molecule has 2 rings (SSSR count). The van der Waals surface area contributed by atoms with E-state index >= 15 is 0 Å². The average Bonchev–Trinajstić information content (AvgIpc) is 2.52. The van der Waals surface area contributed by atoms with E-state index in [1.165, 1.54) is 30.5 Å². The molecule has 0 saturated carbocycles. The summed E-state index contributed by atoms with van der Waals surface area (Å²) in [4.78, 5) is 2.37. The lowest BCUT2D eigenvalue weighted by Crippen LogP contribution is -2.28. The smallest absolute Gasteiger partial charge is 0.0671 e. The van der Waals surface area contributed by atoms with E-state index in [-0.39, 0.29) is 5.92 Å². The number of benzene rings is 1. The summed E-state index contributed by atoms with van der Waals surface area (Å²) < 4.78 is 0. The van der Waals surface area contributed by atoms with Crippen LogP contribution in [0.4, 0.5) is 5.69 Å². The first-order valence-corrected chi connectivity index (χ1v) is 6.03. The quantitative estimate of drug-likeness (QED) is 0.756. The molecule has 1 heterocycles. The molecule has 1 aromatic rings. The summed E-state index contributed by atoms with van der Waals surface area (Å²) in [6.07, 6.45) is 3.66. The number of anilines is 1. The van der Waals surface area contributed by atoms with Crippen molar-refractivity contribution in [2.45, 2.75) is 26.2 Å². The predicted molar refractivity (Wildman–Crippen MR) is 66.4 cm³/mol. The fourth-order valence-electron chi connectivity index (χ4n) is 2.33. The monoisotopic (exact) mass is 214 g/mol. The van der Waals surface area contributed by atoms with E-state index in [9.17, 15) is 0 Å². The Kier molecular flexibility index (Phi) is 3.46. The summed E-state index contributed by atoms with van der Waals surface area (Å²) in [7, 11) is 0. The van der Waals surface area contributed by atoms with Gasteiger partial charge in [-0.1, -0.05) is 18.2 Å². The standard InChI is InChI=1S/C14H18N2/c1-12(10-15)11-16-9-5-4-7-13-6-2-3-8-14(13)16/h2-3,6,8,12H,4-5,7,9,11H2,1H3. The third kappa shape index (κ3) is 2.36. The molecule has 0 radical (unpaired) electrons. The molecule has 1 aliphatic rings. The Hall–Kier alpha value is -1.49. The normalized spacial score (nSPS) is 17.1. The first-order valence-electron chi connectivity index (χ1n) is 6.03. The molecule has 1 aromatic carbocycles. The molecule has 0 amide bonds. The maximum atomic E-state index is 8.91. The minimum Gasteiger partial charge on any atom is -0.370 e. The molecule has 0 bridgehead atoms. The van der Waals surface area contributed by atoms with Crippen LogP contribution in [0.2, 0.25) is 0 Å². The van der Waals surface area contributed by atoms with Crippen molar-refractivity contribution in [2.24, 2.45) is 5.92 Å². The van der Waals surface area contributed by atoms with Gasteiger partial charge in [-0.2, -0.15) is 5.26 Å². The van der Waals surface area contributed by atoms with Gasteiger partial charge in [0, 0.05) is 18.8 Å². The third-order valence-corrected chi connectivity index (χ3v) is 3.17.